The summed E-state index contributed by atoms with van der Waals surface area (Å²) in [7, 11) is 0. The van der Waals surface area contributed by atoms with Gasteiger partial charge in [0.2, 0.25) is 0 Å². The van der Waals surface area contributed by atoms with Crippen LogP contribution >= 0.6 is 11.6 Å². The topological polar surface area (TPSA) is 42.0 Å². The highest BCUT2D eigenvalue weighted by atomic mass is 35.5. The van der Waals surface area contributed by atoms with Crippen LogP contribution in [0.25, 0.3) is 10.9 Å². The van der Waals surface area contributed by atoms with Gasteiger partial charge in [-0.3, -0.25) is 4.79 Å². The largest absolute Gasteiger partial charge is 0.351 e. The number of hydrogen-bond donors (Lipinski definition) is 1. The van der Waals surface area contributed by atoms with Crippen LogP contribution in [0, 0.1) is 0 Å². The monoisotopic (exact) mass is 262 g/mol. The molecule has 0 fully saturated rings. The minimum atomic E-state index is -0.148. The van der Waals surface area contributed by atoms with Crippen LogP contribution in [0.4, 0.5) is 0 Å². The van der Waals surface area contributed by atoms with E-state index in [0.717, 1.165) is 18.2 Å². The van der Waals surface area contributed by atoms with Gasteiger partial charge in [0.1, 0.15) is 5.69 Å². The van der Waals surface area contributed by atoms with Crippen molar-refractivity contribution >= 4 is 28.4 Å². The summed E-state index contributed by atoms with van der Waals surface area (Å²) in [6.07, 6.45) is 2.03. The number of amides is 1. The van der Waals surface area contributed by atoms with Gasteiger partial charge in [-0.15, -0.1) is 0 Å². The Hall–Kier alpha value is -1.61. The smallest absolute Gasteiger partial charge is 0.269 e. The van der Waals surface area contributed by atoms with Gasteiger partial charge in [0.25, 0.3) is 5.91 Å². The lowest BCUT2D eigenvalue weighted by Gasteiger charge is -2.05. The zero-order valence-corrected chi connectivity index (χ0v) is 11.0. The van der Waals surface area contributed by atoms with Crippen LogP contribution in [0.1, 0.15) is 30.3 Å². The first-order valence-corrected chi connectivity index (χ1v) is 6.43. The van der Waals surface area contributed by atoms with E-state index in [1.807, 2.05) is 18.2 Å². The van der Waals surface area contributed by atoms with E-state index in [1.165, 1.54) is 0 Å². The van der Waals surface area contributed by atoms with Gasteiger partial charge in [0.15, 0.2) is 0 Å². The van der Waals surface area contributed by atoms with E-state index in [9.17, 15) is 4.79 Å². The summed E-state index contributed by atoms with van der Waals surface area (Å²) in [6, 6.07) is 9.15. The van der Waals surface area contributed by atoms with Crippen molar-refractivity contribution in [2.45, 2.75) is 19.8 Å². The Kier molecular flexibility index (Phi) is 4.15. The van der Waals surface area contributed by atoms with Crippen molar-refractivity contribution in [2.75, 3.05) is 6.54 Å². The van der Waals surface area contributed by atoms with Crippen LogP contribution in [-0.2, 0) is 0 Å². The van der Waals surface area contributed by atoms with Gasteiger partial charge in [0.05, 0.1) is 10.5 Å². The molecule has 3 nitrogen and oxygen atoms in total. The van der Waals surface area contributed by atoms with E-state index in [2.05, 4.69) is 17.2 Å². The molecule has 1 aromatic heterocycles. The Labute approximate surface area is 111 Å². The summed E-state index contributed by atoms with van der Waals surface area (Å²) in [5.74, 6) is -0.148. The molecule has 0 saturated carbocycles. The molecule has 2 aromatic rings. The molecule has 0 aliphatic carbocycles. The molecule has 0 radical (unpaired) electrons. The number of fused-ring (bicyclic) bond motifs is 1. The lowest BCUT2D eigenvalue weighted by Crippen LogP contribution is -2.25. The fraction of sp³-hybridized carbons (Fsp3) is 0.286. The van der Waals surface area contributed by atoms with Crippen LogP contribution in [0.2, 0.25) is 5.02 Å². The molecule has 2 rings (SSSR count). The molecule has 0 atom stereocenters. The van der Waals surface area contributed by atoms with Gasteiger partial charge in [-0.25, -0.2) is 4.98 Å². The molecule has 1 amide bonds. The van der Waals surface area contributed by atoms with Gasteiger partial charge in [0, 0.05) is 11.9 Å². The highest BCUT2D eigenvalue weighted by Gasteiger charge is 2.08. The number of nitrogens with one attached hydrogen (secondary N) is 1. The van der Waals surface area contributed by atoms with Gasteiger partial charge in [-0.1, -0.05) is 43.1 Å². The maximum absolute atomic E-state index is 11.9. The third kappa shape index (κ3) is 2.79. The fourth-order valence-corrected chi connectivity index (χ4v) is 1.93. The summed E-state index contributed by atoms with van der Waals surface area (Å²) in [5, 5.41) is 4.34. The molecule has 94 valence electrons. The summed E-state index contributed by atoms with van der Waals surface area (Å²) < 4.78 is 0. The van der Waals surface area contributed by atoms with E-state index in [1.54, 1.807) is 12.1 Å². The van der Waals surface area contributed by atoms with E-state index in [4.69, 9.17) is 11.6 Å². The number of nitrogens with zero attached hydrogens (tertiary/aromatic N) is 1. The van der Waals surface area contributed by atoms with Gasteiger partial charge < -0.3 is 5.32 Å². The quantitative estimate of drug-likeness (QED) is 0.858. The standard InChI is InChI=1S/C14H15ClN2O/c1-2-3-9-16-14(18)12-8-7-10-5-4-6-11(15)13(10)17-12/h4-8H,2-3,9H2,1H3,(H,16,18). The number of halogens is 1. The second kappa shape index (κ2) is 5.83. The molecule has 0 bridgehead atoms. The Bertz CT molecular complexity index is 569. The number of aromatic nitrogens is 1. The average Bonchev–Trinajstić information content (AvgIpc) is 2.39. The molecule has 1 N–H and O–H groups in total. The molecule has 1 heterocycles. The molecule has 0 aliphatic rings. The SMILES string of the molecule is CCCCNC(=O)c1ccc2cccc(Cl)c2n1. The number of carbonyl (C=O) groups excluding carboxylic acids is 1. The second-order valence-electron chi connectivity index (χ2n) is 4.12. The van der Waals surface area contributed by atoms with Crippen molar-refractivity contribution in [3.05, 3.63) is 41.0 Å². The third-order valence-electron chi connectivity index (χ3n) is 2.72. The minimum absolute atomic E-state index is 0.148. The van der Waals surface area contributed by atoms with Crippen molar-refractivity contribution < 1.29 is 4.79 Å². The first kappa shape index (κ1) is 12.8. The minimum Gasteiger partial charge on any atom is -0.351 e. The molecule has 1 aromatic carbocycles. The van der Waals surface area contributed by atoms with Gasteiger partial charge in [-0.05, 0) is 18.6 Å². The Morgan fingerprint density at radius 3 is 2.94 bits per heavy atom. The molecule has 18 heavy (non-hydrogen) atoms. The van der Waals surface area contributed by atoms with Crippen LogP contribution in [-0.4, -0.2) is 17.4 Å². The zero-order valence-electron chi connectivity index (χ0n) is 10.2. The van der Waals surface area contributed by atoms with Crippen LogP contribution in [0.15, 0.2) is 30.3 Å². The summed E-state index contributed by atoms with van der Waals surface area (Å²) in [4.78, 5) is 16.2. The number of pyridine rings is 1. The molecular weight excluding hydrogens is 248 g/mol. The summed E-state index contributed by atoms with van der Waals surface area (Å²) in [6.45, 7) is 2.76. The lowest BCUT2D eigenvalue weighted by molar-refractivity contribution is 0.0948. The number of benzene rings is 1. The predicted octanol–water partition coefficient (Wildman–Crippen LogP) is 3.42. The van der Waals surface area contributed by atoms with E-state index >= 15 is 0 Å². The number of para-hydroxylation sites is 1. The second-order valence-corrected chi connectivity index (χ2v) is 4.52. The van der Waals surface area contributed by atoms with Crippen molar-refractivity contribution in [1.82, 2.24) is 10.3 Å². The Balaban J connectivity index is 2.24. The van der Waals surface area contributed by atoms with Crippen molar-refractivity contribution in [2.24, 2.45) is 0 Å². The van der Waals surface area contributed by atoms with Gasteiger partial charge in [-0.2, -0.15) is 0 Å². The highest BCUT2D eigenvalue weighted by Crippen LogP contribution is 2.21. The summed E-state index contributed by atoms with van der Waals surface area (Å²) >= 11 is 6.07. The van der Waals surface area contributed by atoms with Crippen LogP contribution in [0.3, 0.4) is 0 Å². The van der Waals surface area contributed by atoms with E-state index in [0.29, 0.717) is 22.8 Å². The molecular formula is C14H15ClN2O. The van der Waals surface area contributed by atoms with Crippen molar-refractivity contribution in [1.29, 1.82) is 0 Å². The Morgan fingerprint density at radius 1 is 1.33 bits per heavy atom. The molecule has 0 saturated heterocycles. The fourth-order valence-electron chi connectivity index (χ4n) is 1.71. The highest BCUT2D eigenvalue weighted by molar-refractivity contribution is 6.35. The predicted molar refractivity (Wildman–Crippen MR) is 74.0 cm³/mol. The van der Waals surface area contributed by atoms with E-state index in [-0.39, 0.29) is 5.91 Å². The lowest BCUT2D eigenvalue weighted by atomic mass is 10.2. The number of unbranched alkanes of at least 4 members (excludes halogenated alkanes) is 1. The maximum Gasteiger partial charge on any atom is 0.269 e. The number of hydrogen-bond acceptors (Lipinski definition) is 2. The maximum atomic E-state index is 11.9. The average molecular weight is 263 g/mol. The first-order valence-electron chi connectivity index (χ1n) is 6.06. The number of carbonyl (C=O) groups is 1. The van der Waals surface area contributed by atoms with E-state index < -0.39 is 0 Å². The Morgan fingerprint density at radius 2 is 2.17 bits per heavy atom. The van der Waals surface area contributed by atoms with Crippen molar-refractivity contribution in [3.63, 3.8) is 0 Å². The first-order chi connectivity index (χ1) is 8.72. The molecule has 0 unspecified atom stereocenters. The molecule has 4 heteroatoms. The third-order valence-corrected chi connectivity index (χ3v) is 3.02. The van der Waals surface area contributed by atoms with Crippen LogP contribution in [0.5, 0.6) is 0 Å². The zero-order chi connectivity index (χ0) is 13.0. The molecule has 0 spiro atoms. The summed E-state index contributed by atoms with van der Waals surface area (Å²) in [5.41, 5.74) is 1.08. The van der Waals surface area contributed by atoms with Crippen molar-refractivity contribution in [3.8, 4) is 0 Å². The molecule has 0 aliphatic heterocycles. The normalized spacial score (nSPS) is 10.6. The van der Waals surface area contributed by atoms with Crippen LogP contribution < -0.4 is 5.32 Å². The number of rotatable bonds is 4. The van der Waals surface area contributed by atoms with Gasteiger partial charge >= 0.3 is 0 Å².